The summed E-state index contributed by atoms with van der Waals surface area (Å²) in [6, 6.07) is 14.1. The first-order chi connectivity index (χ1) is 17.4. The third-order valence-electron chi connectivity index (χ3n) is 5.58. The van der Waals surface area contributed by atoms with E-state index in [0.717, 1.165) is 9.87 Å². The van der Waals surface area contributed by atoms with E-state index in [1.54, 1.807) is 24.6 Å². The number of nitrogens with one attached hydrogen (secondary N) is 1. The number of carbonyl (C=O) groups is 2. The summed E-state index contributed by atoms with van der Waals surface area (Å²) in [4.78, 5) is 25.1. The molecule has 0 saturated carbocycles. The number of aryl methyl sites for hydroxylation is 2. The highest BCUT2D eigenvalue weighted by atomic mass is 35.5. The van der Waals surface area contributed by atoms with Gasteiger partial charge < -0.3 is 10.1 Å². The molecule has 0 radical (unpaired) electrons. The zero-order chi connectivity index (χ0) is 27.3. The van der Waals surface area contributed by atoms with Crippen molar-refractivity contribution in [3.63, 3.8) is 0 Å². The zero-order valence-electron chi connectivity index (χ0n) is 21.2. The highest BCUT2D eigenvalue weighted by molar-refractivity contribution is 7.89. The van der Waals surface area contributed by atoms with Gasteiger partial charge in [-0.05, 0) is 50.1 Å². The number of anilines is 1. The maximum Gasteiger partial charge on any atom is 0.331 e. The average molecular weight is 545 g/mol. The molecule has 1 aromatic heterocycles. The molecule has 0 spiro atoms. The summed E-state index contributed by atoms with van der Waals surface area (Å²) in [5, 5.41) is 7.44. The number of esters is 1. The van der Waals surface area contributed by atoms with Crippen molar-refractivity contribution in [3.8, 4) is 0 Å². The number of benzene rings is 2. The van der Waals surface area contributed by atoms with Crippen molar-refractivity contribution in [1.82, 2.24) is 14.1 Å². The first-order valence-corrected chi connectivity index (χ1v) is 13.2. The maximum absolute atomic E-state index is 12.6. The lowest BCUT2D eigenvalue weighted by molar-refractivity contribution is -0.148. The number of aromatic nitrogens is 2. The van der Waals surface area contributed by atoms with Crippen LogP contribution in [0.25, 0.3) is 6.08 Å². The van der Waals surface area contributed by atoms with E-state index in [9.17, 15) is 18.0 Å². The average Bonchev–Trinajstić information content (AvgIpc) is 3.11. The lowest BCUT2D eigenvalue weighted by atomic mass is 10.2. The molecule has 37 heavy (non-hydrogen) atoms. The molecule has 0 fully saturated rings. The van der Waals surface area contributed by atoms with Crippen molar-refractivity contribution in [1.29, 1.82) is 0 Å². The van der Waals surface area contributed by atoms with Gasteiger partial charge in [0.1, 0.15) is 5.15 Å². The Morgan fingerprint density at radius 3 is 2.49 bits per heavy atom. The molecular formula is C26H29ClN4O5S. The zero-order valence-corrected chi connectivity index (χ0v) is 22.8. The second kappa shape index (κ2) is 11.7. The summed E-state index contributed by atoms with van der Waals surface area (Å²) in [6.45, 7) is 5.41. The third kappa shape index (κ3) is 6.85. The van der Waals surface area contributed by atoms with E-state index in [0.29, 0.717) is 34.2 Å². The van der Waals surface area contributed by atoms with E-state index in [1.807, 2.05) is 30.3 Å². The van der Waals surface area contributed by atoms with Gasteiger partial charge >= 0.3 is 5.97 Å². The summed E-state index contributed by atoms with van der Waals surface area (Å²) < 4.78 is 32.8. The number of hydrogen-bond donors (Lipinski definition) is 1. The fraction of sp³-hybridized carbons (Fsp3) is 0.269. The monoisotopic (exact) mass is 544 g/mol. The molecule has 0 aliphatic rings. The van der Waals surface area contributed by atoms with Crippen molar-refractivity contribution in [3.05, 3.63) is 82.1 Å². The van der Waals surface area contributed by atoms with Crippen molar-refractivity contribution >= 4 is 45.3 Å². The minimum absolute atomic E-state index is 0.0334. The molecule has 0 aliphatic heterocycles. The molecule has 0 aliphatic carbocycles. The first kappa shape index (κ1) is 28.1. The molecule has 9 nitrogen and oxygen atoms in total. The van der Waals surface area contributed by atoms with Crippen molar-refractivity contribution in [2.45, 2.75) is 38.3 Å². The van der Waals surface area contributed by atoms with E-state index in [-0.39, 0.29) is 4.90 Å². The molecule has 3 aromatic rings. The van der Waals surface area contributed by atoms with Crippen LogP contribution in [0.5, 0.6) is 0 Å². The third-order valence-corrected chi connectivity index (χ3v) is 7.79. The number of rotatable bonds is 9. The van der Waals surface area contributed by atoms with Crippen LogP contribution < -0.4 is 5.32 Å². The highest BCUT2D eigenvalue weighted by Gasteiger charge is 2.21. The van der Waals surface area contributed by atoms with E-state index in [2.05, 4.69) is 10.4 Å². The van der Waals surface area contributed by atoms with E-state index in [1.165, 1.54) is 45.3 Å². The smallest absolute Gasteiger partial charge is 0.331 e. The minimum atomic E-state index is -3.68. The predicted octanol–water partition coefficient (Wildman–Crippen LogP) is 4.04. The quantitative estimate of drug-likeness (QED) is 0.321. The number of ether oxygens (including phenoxy) is 1. The van der Waals surface area contributed by atoms with Gasteiger partial charge in [0.25, 0.3) is 5.91 Å². The molecule has 1 heterocycles. The number of sulfonamides is 1. The molecule has 1 atom stereocenters. The molecule has 11 heteroatoms. The summed E-state index contributed by atoms with van der Waals surface area (Å²) in [5.41, 5.74) is 3.20. The SMILES string of the molecule is Cc1ccc(S(=O)(=O)N(C)C)cc1NC(=O)[C@H](C)OC(=O)/C=C/c1c(C)nn(Cc2ccccc2)c1Cl. The van der Waals surface area contributed by atoms with Crippen LogP contribution in [0.4, 0.5) is 5.69 Å². The fourth-order valence-electron chi connectivity index (χ4n) is 3.38. The molecule has 2 aromatic carbocycles. The van der Waals surface area contributed by atoms with Crippen molar-refractivity contribution in [2.75, 3.05) is 19.4 Å². The van der Waals surface area contributed by atoms with Gasteiger partial charge in [-0.25, -0.2) is 22.2 Å². The van der Waals surface area contributed by atoms with Gasteiger partial charge in [-0.1, -0.05) is 48.0 Å². The van der Waals surface area contributed by atoms with Gasteiger partial charge in [-0.15, -0.1) is 0 Å². The van der Waals surface area contributed by atoms with Crippen LogP contribution in [-0.2, 0) is 30.9 Å². The van der Waals surface area contributed by atoms with Crippen LogP contribution in [0.1, 0.15) is 29.3 Å². The normalized spacial score (nSPS) is 12.6. The Bertz CT molecular complexity index is 1430. The Kier molecular flexibility index (Phi) is 8.90. The second-order valence-corrected chi connectivity index (χ2v) is 11.1. The van der Waals surface area contributed by atoms with Crippen molar-refractivity contribution < 1.29 is 22.7 Å². The van der Waals surface area contributed by atoms with Gasteiger partial charge in [0, 0.05) is 31.4 Å². The Balaban J connectivity index is 1.65. The highest BCUT2D eigenvalue weighted by Crippen LogP contribution is 2.24. The first-order valence-electron chi connectivity index (χ1n) is 11.4. The topological polar surface area (TPSA) is 111 Å². The number of halogens is 1. The Morgan fingerprint density at radius 2 is 1.84 bits per heavy atom. The fourth-order valence-corrected chi connectivity index (χ4v) is 4.60. The molecule has 0 bridgehead atoms. The second-order valence-electron chi connectivity index (χ2n) is 8.60. The van der Waals surface area contributed by atoms with Crippen LogP contribution in [0.15, 0.2) is 59.5 Å². The van der Waals surface area contributed by atoms with Gasteiger partial charge in [-0.3, -0.25) is 4.79 Å². The minimum Gasteiger partial charge on any atom is -0.449 e. The predicted molar refractivity (Wildman–Crippen MR) is 143 cm³/mol. The molecule has 196 valence electrons. The molecule has 0 saturated heterocycles. The number of carbonyl (C=O) groups excluding carboxylic acids is 2. The molecule has 1 amide bonds. The van der Waals surface area contributed by atoms with E-state index < -0.39 is 28.0 Å². The van der Waals surface area contributed by atoms with E-state index in [4.69, 9.17) is 16.3 Å². The summed E-state index contributed by atoms with van der Waals surface area (Å²) in [7, 11) is -0.834. The Morgan fingerprint density at radius 1 is 1.16 bits per heavy atom. The summed E-state index contributed by atoms with van der Waals surface area (Å²) >= 11 is 6.48. The molecular weight excluding hydrogens is 516 g/mol. The Labute approximate surface area is 221 Å². The molecule has 3 rings (SSSR count). The summed E-state index contributed by atoms with van der Waals surface area (Å²) in [5.74, 6) is -1.34. The van der Waals surface area contributed by atoms with Crippen LogP contribution in [0.3, 0.4) is 0 Å². The number of hydrogen-bond acceptors (Lipinski definition) is 6. The maximum atomic E-state index is 12.6. The van der Waals surface area contributed by atoms with Crippen molar-refractivity contribution in [2.24, 2.45) is 0 Å². The van der Waals surface area contributed by atoms with E-state index >= 15 is 0 Å². The van der Waals surface area contributed by atoms with Gasteiger partial charge in [0.05, 0.1) is 17.1 Å². The lowest BCUT2D eigenvalue weighted by Gasteiger charge is -2.16. The van der Waals surface area contributed by atoms with Crippen LogP contribution in [-0.4, -0.2) is 54.6 Å². The molecule has 1 N–H and O–H groups in total. The lowest BCUT2D eigenvalue weighted by Crippen LogP contribution is -2.30. The Hall–Kier alpha value is -3.47. The van der Waals surface area contributed by atoms with Crippen LogP contribution in [0.2, 0.25) is 5.15 Å². The van der Waals surface area contributed by atoms with Gasteiger partial charge in [0.2, 0.25) is 10.0 Å². The van der Waals surface area contributed by atoms with Crippen LogP contribution >= 0.6 is 11.6 Å². The largest absolute Gasteiger partial charge is 0.449 e. The number of nitrogens with zero attached hydrogens (tertiary/aromatic N) is 3. The summed E-state index contributed by atoms with van der Waals surface area (Å²) in [6.07, 6.45) is 1.55. The molecule has 0 unspecified atom stereocenters. The van der Waals surface area contributed by atoms with Gasteiger partial charge in [-0.2, -0.15) is 5.10 Å². The van der Waals surface area contributed by atoms with Crippen LogP contribution in [0, 0.1) is 13.8 Å². The van der Waals surface area contributed by atoms with Gasteiger partial charge in [0.15, 0.2) is 6.10 Å². The number of amides is 1. The standard InChI is InChI=1S/C26H29ClN4O5S/c1-17-11-12-21(37(34,35)30(4)5)15-23(17)28-26(33)19(3)36-24(32)14-13-22-18(2)29-31(25(22)27)16-20-9-7-6-8-10-20/h6-15,19H,16H2,1-5H3,(H,28,33)/b14-13+/t19-/m0/s1.